The number of carbonyl (C=O) groups is 2. The molecule has 1 fully saturated rings. The second kappa shape index (κ2) is 13.6. The van der Waals surface area contributed by atoms with Gasteiger partial charge in [-0.15, -0.1) is 0 Å². The zero-order chi connectivity index (χ0) is 27.6. The minimum atomic E-state index is -0.389. The van der Waals surface area contributed by atoms with E-state index in [-0.39, 0.29) is 23.7 Å². The monoisotopic (exact) mass is 534 g/mol. The van der Waals surface area contributed by atoms with Crippen LogP contribution in [0.1, 0.15) is 47.9 Å². The summed E-state index contributed by atoms with van der Waals surface area (Å²) in [6, 6.07) is 15.4. The van der Waals surface area contributed by atoms with Crippen LogP contribution in [0, 0.1) is 11.8 Å². The third-order valence-electron chi connectivity index (χ3n) is 7.41. The average Bonchev–Trinajstić information content (AvgIpc) is 3.02. The van der Waals surface area contributed by atoms with Crippen molar-refractivity contribution < 1.29 is 9.59 Å². The fourth-order valence-corrected chi connectivity index (χ4v) is 5.46. The van der Waals surface area contributed by atoms with Crippen LogP contribution in [-0.2, 0) is 35.8 Å². The van der Waals surface area contributed by atoms with E-state index in [4.69, 9.17) is 0 Å². The van der Waals surface area contributed by atoms with Crippen molar-refractivity contribution in [2.45, 2.75) is 51.9 Å². The van der Waals surface area contributed by atoms with Crippen LogP contribution in [0.25, 0.3) is 0 Å². The van der Waals surface area contributed by atoms with E-state index in [2.05, 4.69) is 19.9 Å². The smallest absolute Gasteiger partial charge is 0.227 e. The average molecular weight is 535 g/mol. The Labute approximate surface area is 235 Å². The minimum absolute atomic E-state index is 0.00783. The molecule has 0 saturated heterocycles. The number of rotatable bonds is 10. The largest absolute Gasteiger partial charge is 0.334 e. The number of hydrogen-bond donors (Lipinski definition) is 0. The van der Waals surface area contributed by atoms with E-state index in [1.165, 1.54) is 0 Å². The van der Waals surface area contributed by atoms with Gasteiger partial charge in [0.2, 0.25) is 11.8 Å². The molecule has 8 nitrogen and oxygen atoms in total. The van der Waals surface area contributed by atoms with Crippen LogP contribution in [0.3, 0.4) is 0 Å². The van der Waals surface area contributed by atoms with Crippen LogP contribution in [0.5, 0.6) is 0 Å². The Morgan fingerprint density at radius 3 is 1.10 bits per heavy atom. The molecule has 1 aliphatic rings. The van der Waals surface area contributed by atoms with Gasteiger partial charge in [0.25, 0.3) is 0 Å². The van der Waals surface area contributed by atoms with Crippen molar-refractivity contribution >= 4 is 11.8 Å². The van der Waals surface area contributed by atoms with Crippen LogP contribution in [0.4, 0.5) is 0 Å². The molecular weight excluding hydrogens is 500 g/mol. The summed E-state index contributed by atoms with van der Waals surface area (Å²) in [5, 5.41) is 0. The summed E-state index contributed by atoms with van der Waals surface area (Å²) < 4.78 is 0. The van der Waals surface area contributed by atoms with Crippen LogP contribution >= 0.6 is 0 Å². The van der Waals surface area contributed by atoms with E-state index >= 15 is 0 Å². The lowest BCUT2D eigenvalue weighted by molar-refractivity contribution is -0.149. The highest BCUT2D eigenvalue weighted by Gasteiger charge is 2.39. The van der Waals surface area contributed by atoms with E-state index in [0.717, 1.165) is 35.1 Å². The van der Waals surface area contributed by atoms with Gasteiger partial charge in [-0.25, -0.2) is 0 Å². The summed E-state index contributed by atoms with van der Waals surface area (Å²) in [5.41, 5.74) is 3.81. The van der Waals surface area contributed by atoms with Gasteiger partial charge in [-0.05, 0) is 59.4 Å². The quantitative estimate of drug-likeness (QED) is 0.289. The van der Waals surface area contributed by atoms with Crippen LogP contribution < -0.4 is 0 Å². The van der Waals surface area contributed by atoms with Gasteiger partial charge < -0.3 is 9.80 Å². The summed E-state index contributed by atoms with van der Waals surface area (Å²) in [6.45, 7) is 1.70. The third-order valence-corrected chi connectivity index (χ3v) is 7.41. The summed E-state index contributed by atoms with van der Waals surface area (Å²) in [4.78, 5) is 49.2. The molecule has 0 spiro atoms. The van der Waals surface area contributed by atoms with E-state index < -0.39 is 0 Å². The minimum Gasteiger partial charge on any atom is -0.334 e. The summed E-state index contributed by atoms with van der Waals surface area (Å²) >= 11 is 0. The Balaban J connectivity index is 1.41. The summed E-state index contributed by atoms with van der Waals surface area (Å²) in [5.74, 6) is -0.762. The predicted molar refractivity (Wildman–Crippen MR) is 151 cm³/mol. The molecule has 0 radical (unpaired) electrons. The van der Waals surface area contributed by atoms with Crippen LogP contribution in [0.2, 0.25) is 0 Å². The first-order valence-electron chi connectivity index (χ1n) is 13.8. The molecule has 0 aliphatic heterocycles. The topological polar surface area (TPSA) is 92.2 Å². The molecule has 40 heavy (non-hydrogen) atoms. The molecule has 0 N–H and O–H groups in total. The molecule has 8 heteroatoms. The molecule has 1 saturated carbocycles. The van der Waals surface area contributed by atoms with E-state index in [1.807, 2.05) is 58.3 Å². The molecule has 2 atom stereocenters. The Morgan fingerprint density at radius 2 is 0.850 bits per heavy atom. The third kappa shape index (κ3) is 7.14. The lowest BCUT2D eigenvalue weighted by Crippen LogP contribution is -2.46. The molecule has 204 valence electrons. The maximum Gasteiger partial charge on any atom is 0.227 e. The van der Waals surface area contributed by atoms with Crippen molar-refractivity contribution in [1.29, 1.82) is 0 Å². The standard InChI is InChI=1S/C32H34N6O2/c39-31(37(21-25-7-3-13-33-17-25)22-26-8-4-14-34-18-26)29-11-1-2-12-30(29)32(40)38(23-27-9-5-15-35-19-27)24-28-10-6-16-36-20-28/h3-10,13-20,29-30H,1-2,11-12,21-24H2. The van der Waals surface area contributed by atoms with Crippen LogP contribution in [0.15, 0.2) is 98.1 Å². The van der Waals surface area contributed by atoms with Gasteiger partial charge in [-0.2, -0.15) is 0 Å². The molecule has 1 aliphatic carbocycles. The zero-order valence-electron chi connectivity index (χ0n) is 22.5. The maximum atomic E-state index is 14.3. The highest BCUT2D eigenvalue weighted by atomic mass is 16.2. The van der Waals surface area contributed by atoms with E-state index in [9.17, 15) is 9.59 Å². The summed E-state index contributed by atoms with van der Waals surface area (Å²) in [6.07, 6.45) is 17.3. The van der Waals surface area contributed by atoms with Gasteiger partial charge in [0.15, 0.2) is 0 Å². The maximum absolute atomic E-state index is 14.3. The molecule has 2 amide bonds. The number of nitrogens with zero attached hydrogens (tertiary/aromatic N) is 6. The van der Waals surface area contributed by atoms with Crippen molar-refractivity contribution in [1.82, 2.24) is 29.7 Å². The molecular formula is C32H34N6O2. The Morgan fingerprint density at radius 1 is 0.550 bits per heavy atom. The number of carbonyl (C=O) groups excluding carboxylic acids is 2. The molecule has 5 rings (SSSR count). The molecule has 0 aromatic carbocycles. The number of amides is 2. The van der Waals surface area contributed by atoms with Gasteiger partial charge in [-0.1, -0.05) is 37.1 Å². The van der Waals surface area contributed by atoms with Crippen LogP contribution in [-0.4, -0.2) is 41.6 Å². The normalized spacial score (nSPS) is 16.7. The number of hydrogen-bond acceptors (Lipinski definition) is 6. The van der Waals surface area contributed by atoms with Gasteiger partial charge in [-0.3, -0.25) is 29.5 Å². The fraction of sp³-hybridized carbons (Fsp3) is 0.312. The van der Waals surface area contributed by atoms with Gasteiger partial charge >= 0.3 is 0 Å². The van der Waals surface area contributed by atoms with Crippen molar-refractivity contribution in [2.24, 2.45) is 11.8 Å². The zero-order valence-corrected chi connectivity index (χ0v) is 22.5. The number of aromatic nitrogens is 4. The first kappa shape index (κ1) is 27.1. The first-order valence-corrected chi connectivity index (χ1v) is 13.8. The molecule has 4 aromatic rings. The highest BCUT2D eigenvalue weighted by molar-refractivity contribution is 5.88. The van der Waals surface area contributed by atoms with Crippen molar-refractivity contribution in [3.8, 4) is 0 Å². The lowest BCUT2D eigenvalue weighted by atomic mass is 9.77. The molecule has 0 bridgehead atoms. The van der Waals surface area contributed by atoms with Gasteiger partial charge in [0.05, 0.1) is 0 Å². The second-order valence-corrected chi connectivity index (χ2v) is 10.3. The number of pyridine rings is 4. The second-order valence-electron chi connectivity index (χ2n) is 10.3. The molecule has 4 aromatic heterocycles. The highest BCUT2D eigenvalue weighted by Crippen LogP contribution is 2.34. The lowest BCUT2D eigenvalue weighted by Gasteiger charge is -2.37. The fourth-order valence-electron chi connectivity index (χ4n) is 5.46. The van der Waals surface area contributed by atoms with Crippen molar-refractivity contribution in [3.63, 3.8) is 0 Å². The van der Waals surface area contributed by atoms with E-state index in [0.29, 0.717) is 39.0 Å². The predicted octanol–water partition coefficient (Wildman–Crippen LogP) is 4.83. The van der Waals surface area contributed by atoms with Crippen molar-refractivity contribution in [2.75, 3.05) is 0 Å². The summed E-state index contributed by atoms with van der Waals surface area (Å²) in [7, 11) is 0. The van der Waals surface area contributed by atoms with Gasteiger partial charge in [0, 0.05) is 87.6 Å². The first-order chi connectivity index (χ1) is 19.7. The SMILES string of the molecule is O=C(C1CCCCC1C(=O)N(Cc1cccnc1)Cc1cccnc1)N(Cc1cccnc1)Cc1cccnc1. The Kier molecular flexibility index (Phi) is 9.19. The molecule has 2 unspecified atom stereocenters. The van der Waals surface area contributed by atoms with Crippen molar-refractivity contribution in [3.05, 3.63) is 120 Å². The Hall–Kier alpha value is -4.46. The van der Waals surface area contributed by atoms with Gasteiger partial charge in [0.1, 0.15) is 0 Å². The van der Waals surface area contributed by atoms with E-state index in [1.54, 1.807) is 49.6 Å². The Bertz CT molecular complexity index is 1170. The molecule has 4 heterocycles.